The summed E-state index contributed by atoms with van der Waals surface area (Å²) in [5.74, 6) is 0.833. The summed E-state index contributed by atoms with van der Waals surface area (Å²) < 4.78 is 10.9. The van der Waals surface area contributed by atoms with E-state index in [1.54, 1.807) is 0 Å². The van der Waals surface area contributed by atoms with Crippen LogP contribution >= 0.6 is 0 Å². The maximum Gasteiger partial charge on any atom is 0.320 e. The molecule has 0 aromatic heterocycles. The van der Waals surface area contributed by atoms with Crippen LogP contribution in [0.15, 0.2) is 24.3 Å². The van der Waals surface area contributed by atoms with Gasteiger partial charge in [0.05, 0.1) is 6.61 Å². The molecule has 0 radical (unpaired) electrons. The van der Waals surface area contributed by atoms with Gasteiger partial charge in [-0.05, 0) is 37.1 Å². The summed E-state index contributed by atoms with van der Waals surface area (Å²) in [6.45, 7) is 7.41. The van der Waals surface area contributed by atoms with Crippen LogP contribution in [-0.2, 0) is 4.79 Å². The van der Waals surface area contributed by atoms with Crippen molar-refractivity contribution >= 4 is 5.97 Å². The number of carboxylic acid groups (broad SMARTS) is 1. The van der Waals surface area contributed by atoms with Crippen LogP contribution in [-0.4, -0.2) is 36.9 Å². The van der Waals surface area contributed by atoms with Crippen molar-refractivity contribution in [2.75, 3.05) is 19.8 Å². The van der Waals surface area contributed by atoms with Crippen LogP contribution in [0.25, 0.3) is 0 Å². The molecule has 0 aliphatic rings. The fourth-order valence-corrected chi connectivity index (χ4v) is 1.95. The zero-order valence-corrected chi connectivity index (χ0v) is 13.0. The molecule has 0 fully saturated rings. The normalized spacial score (nSPS) is 13.5. The highest BCUT2D eigenvalue weighted by Gasteiger charge is 2.22. The molecule has 0 aliphatic carbocycles. The van der Waals surface area contributed by atoms with Gasteiger partial charge in [0.2, 0.25) is 0 Å². The smallest absolute Gasteiger partial charge is 0.320 e. The van der Waals surface area contributed by atoms with Crippen LogP contribution < -0.4 is 14.8 Å². The first-order chi connectivity index (χ1) is 10.1. The Morgan fingerprint density at radius 1 is 1.19 bits per heavy atom. The highest BCUT2D eigenvalue weighted by molar-refractivity contribution is 5.73. The van der Waals surface area contributed by atoms with Gasteiger partial charge in [0.25, 0.3) is 0 Å². The summed E-state index contributed by atoms with van der Waals surface area (Å²) in [5, 5.41) is 12.2. The summed E-state index contributed by atoms with van der Waals surface area (Å²) in [5.41, 5.74) is 0. The van der Waals surface area contributed by atoms with E-state index in [9.17, 15) is 4.79 Å². The first kappa shape index (κ1) is 17.3. The van der Waals surface area contributed by atoms with Gasteiger partial charge in [-0.3, -0.25) is 4.79 Å². The number of benzene rings is 1. The Bertz CT molecular complexity index is 419. The van der Waals surface area contributed by atoms with Crippen molar-refractivity contribution < 1.29 is 19.4 Å². The van der Waals surface area contributed by atoms with Crippen LogP contribution in [0.5, 0.6) is 11.5 Å². The fraction of sp³-hybridized carbons (Fsp3) is 0.562. The predicted octanol–water partition coefficient (Wildman–Crippen LogP) is 2.55. The average Bonchev–Trinajstić information content (AvgIpc) is 2.48. The molecule has 2 N–H and O–H groups in total. The van der Waals surface area contributed by atoms with Crippen molar-refractivity contribution in [3.63, 3.8) is 0 Å². The highest BCUT2D eigenvalue weighted by atomic mass is 16.5. The van der Waals surface area contributed by atoms with E-state index < -0.39 is 12.0 Å². The monoisotopic (exact) mass is 295 g/mol. The molecule has 0 spiro atoms. The van der Waals surface area contributed by atoms with Crippen molar-refractivity contribution in [3.8, 4) is 11.5 Å². The molecule has 0 unspecified atom stereocenters. The molecule has 0 amide bonds. The fourth-order valence-electron chi connectivity index (χ4n) is 1.95. The molecule has 2 atom stereocenters. The van der Waals surface area contributed by atoms with E-state index in [0.717, 1.165) is 17.9 Å². The van der Waals surface area contributed by atoms with Gasteiger partial charge < -0.3 is 19.9 Å². The number of nitrogens with one attached hydrogen (secondary N) is 1. The quantitative estimate of drug-likeness (QED) is 0.649. The van der Waals surface area contributed by atoms with Gasteiger partial charge in [-0.15, -0.1) is 0 Å². The molecule has 118 valence electrons. The lowest BCUT2D eigenvalue weighted by molar-refractivity contribution is -0.140. The second kappa shape index (κ2) is 9.23. The molecule has 0 saturated carbocycles. The van der Waals surface area contributed by atoms with E-state index in [2.05, 4.69) is 5.32 Å². The Hall–Kier alpha value is -1.75. The molecule has 5 nitrogen and oxygen atoms in total. The van der Waals surface area contributed by atoms with E-state index >= 15 is 0 Å². The minimum atomic E-state index is -0.814. The minimum absolute atomic E-state index is 0.0907. The largest absolute Gasteiger partial charge is 0.494 e. The first-order valence-corrected chi connectivity index (χ1v) is 7.40. The maximum absolute atomic E-state index is 11.1. The molecular formula is C16H25NO4. The molecule has 21 heavy (non-hydrogen) atoms. The third kappa shape index (κ3) is 6.04. The number of aliphatic carboxylic acids is 1. The topological polar surface area (TPSA) is 67.8 Å². The zero-order valence-electron chi connectivity index (χ0n) is 13.0. The minimum Gasteiger partial charge on any atom is -0.494 e. The Morgan fingerprint density at radius 2 is 1.76 bits per heavy atom. The molecule has 0 saturated heterocycles. The van der Waals surface area contributed by atoms with Crippen LogP contribution in [0.1, 0.15) is 27.2 Å². The second-order valence-electron chi connectivity index (χ2n) is 4.91. The van der Waals surface area contributed by atoms with Gasteiger partial charge in [0.1, 0.15) is 24.1 Å². The van der Waals surface area contributed by atoms with E-state index in [1.807, 2.05) is 45.0 Å². The van der Waals surface area contributed by atoms with Crippen LogP contribution in [0.2, 0.25) is 0 Å². The Balaban J connectivity index is 2.34. The number of ether oxygens (including phenoxy) is 2. The van der Waals surface area contributed by atoms with Gasteiger partial charge in [-0.25, -0.2) is 0 Å². The van der Waals surface area contributed by atoms with Crippen molar-refractivity contribution in [3.05, 3.63) is 24.3 Å². The average molecular weight is 295 g/mol. The molecular weight excluding hydrogens is 270 g/mol. The van der Waals surface area contributed by atoms with Crippen LogP contribution in [0.4, 0.5) is 0 Å². The molecule has 1 aromatic rings. The lowest BCUT2D eigenvalue weighted by Gasteiger charge is -2.20. The second-order valence-corrected chi connectivity index (χ2v) is 4.91. The summed E-state index contributed by atoms with van der Waals surface area (Å²) in [6.07, 6.45) is 0.823. The number of hydrogen-bond donors (Lipinski definition) is 2. The van der Waals surface area contributed by atoms with Crippen LogP contribution in [0.3, 0.4) is 0 Å². The van der Waals surface area contributed by atoms with Crippen molar-refractivity contribution in [1.29, 1.82) is 0 Å². The summed E-state index contributed by atoms with van der Waals surface area (Å²) >= 11 is 0. The lowest BCUT2D eigenvalue weighted by atomic mass is 9.99. The van der Waals surface area contributed by atoms with Gasteiger partial charge in [-0.1, -0.05) is 20.3 Å². The van der Waals surface area contributed by atoms with E-state index in [4.69, 9.17) is 14.6 Å². The third-order valence-corrected chi connectivity index (χ3v) is 3.35. The van der Waals surface area contributed by atoms with E-state index in [1.165, 1.54) is 0 Å². The predicted molar refractivity (Wildman–Crippen MR) is 82.0 cm³/mol. The summed E-state index contributed by atoms with van der Waals surface area (Å²) in [6, 6.07) is 6.86. The standard InChI is InChI=1S/C16H25NO4/c1-4-12(3)15(16(18)19)17-10-11-21-14-8-6-13(7-9-14)20-5-2/h6-9,12,15,17H,4-5,10-11H2,1-3H3,(H,18,19)/t12-,15-/m0/s1. The van der Waals surface area contributed by atoms with E-state index in [0.29, 0.717) is 19.8 Å². The Kier molecular flexibility index (Phi) is 7.61. The molecule has 0 bridgehead atoms. The molecule has 0 heterocycles. The number of carboxylic acids is 1. The lowest BCUT2D eigenvalue weighted by Crippen LogP contribution is -2.43. The summed E-state index contributed by atoms with van der Waals surface area (Å²) in [7, 11) is 0. The SMILES string of the molecule is CCOc1ccc(OCCN[C@H](C(=O)O)[C@@H](C)CC)cc1. The molecule has 1 aromatic carbocycles. The van der Waals surface area contributed by atoms with Gasteiger partial charge >= 0.3 is 5.97 Å². The zero-order chi connectivity index (χ0) is 15.7. The Labute approximate surface area is 126 Å². The highest BCUT2D eigenvalue weighted by Crippen LogP contribution is 2.17. The summed E-state index contributed by atoms with van der Waals surface area (Å²) in [4.78, 5) is 11.1. The van der Waals surface area contributed by atoms with Crippen molar-refractivity contribution in [1.82, 2.24) is 5.32 Å². The van der Waals surface area contributed by atoms with E-state index in [-0.39, 0.29) is 5.92 Å². The first-order valence-electron chi connectivity index (χ1n) is 7.40. The van der Waals surface area contributed by atoms with Crippen molar-refractivity contribution in [2.24, 2.45) is 5.92 Å². The third-order valence-electron chi connectivity index (χ3n) is 3.35. The Morgan fingerprint density at radius 3 is 2.24 bits per heavy atom. The molecule has 1 rings (SSSR count). The number of carbonyl (C=O) groups is 1. The number of rotatable bonds is 10. The molecule has 0 aliphatic heterocycles. The van der Waals surface area contributed by atoms with Gasteiger partial charge in [0.15, 0.2) is 0 Å². The molecule has 5 heteroatoms. The maximum atomic E-state index is 11.1. The van der Waals surface area contributed by atoms with Gasteiger partial charge in [0, 0.05) is 6.54 Å². The van der Waals surface area contributed by atoms with Gasteiger partial charge in [-0.2, -0.15) is 0 Å². The van der Waals surface area contributed by atoms with Crippen molar-refractivity contribution in [2.45, 2.75) is 33.2 Å². The number of hydrogen-bond acceptors (Lipinski definition) is 4. The van der Waals surface area contributed by atoms with Crippen LogP contribution in [0, 0.1) is 5.92 Å².